The number of ether oxygens (including phenoxy) is 1. The molecule has 2 rings (SSSR count). The molecule has 1 saturated carbocycles. The Morgan fingerprint density at radius 3 is 2.61 bits per heavy atom. The molecule has 0 radical (unpaired) electrons. The van der Waals surface area contributed by atoms with Crippen LogP contribution in [0.4, 0.5) is 0 Å². The minimum atomic E-state index is 0.199. The van der Waals surface area contributed by atoms with Crippen LogP contribution in [0.2, 0.25) is 0 Å². The minimum Gasteiger partial charge on any atom is -0.460 e. The zero-order chi connectivity index (χ0) is 13.1. The van der Waals surface area contributed by atoms with E-state index in [2.05, 4.69) is 23.8 Å². The Morgan fingerprint density at radius 2 is 2.00 bits per heavy atom. The Bertz CT molecular complexity index is 428. The number of hydrogen-bond donors (Lipinski definition) is 1. The van der Waals surface area contributed by atoms with E-state index in [-0.39, 0.29) is 11.1 Å². The van der Waals surface area contributed by atoms with Crippen LogP contribution in [0.5, 0.6) is 6.01 Å². The second-order valence-electron chi connectivity index (χ2n) is 5.25. The predicted octanol–water partition coefficient (Wildman–Crippen LogP) is 2.31. The number of nitrogens with zero attached hydrogens (tertiary/aromatic N) is 2. The summed E-state index contributed by atoms with van der Waals surface area (Å²) >= 11 is 4.90. The standard InChI is InChI=1S/C13H19N3OS/c1-8-5-9(2)7-10(6-8)17-13-15-4-3-11(16-13)12(14)18/h3-4,8-10H,5-7H2,1-2H3,(H2,14,18). The number of aromatic nitrogens is 2. The molecule has 1 aromatic heterocycles. The molecule has 0 bridgehead atoms. The van der Waals surface area contributed by atoms with E-state index in [1.165, 1.54) is 6.42 Å². The summed E-state index contributed by atoms with van der Waals surface area (Å²) in [6.07, 6.45) is 5.22. The smallest absolute Gasteiger partial charge is 0.317 e. The second-order valence-corrected chi connectivity index (χ2v) is 5.69. The van der Waals surface area contributed by atoms with Crippen LogP contribution >= 0.6 is 12.2 Å². The Kier molecular flexibility index (Phi) is 4.11. The van der Waals surface area contributed by atoms with Gasteiger partial charge in [0, 0.05) is 6.20 Å². The SMILES string of the molecule is CC1CC(C)CC(Oc2nccc(C(N)=S)n2)C1. The van der Waals surface area contributed by atoms with Gasteiger partial charge in [-0.2, -0.15) is 4.98 Å². The van der Waals surface area contributed by atoms with Crippen LogP contribution in [0.15, 0.2) is 12.3 Å². The zero-order valence-corrected chi connectivity index (χ0v) is 11.6. The summed E-state index contributed by atoms with van der Waals surface area (Å²) in [4.78, 5) is 8.61. The normalized spacial score (nSPS) is 27.8. The van der Waals surface area contributed by atoms with Gasteiger partial charge in [0.05, 0.1) is 0 Å². The molecule has 5 heteroatoms. The lowest BCUT2D eigenvalue weighted by Gasteiger charge is -2.30. The van der Waals surface area contributed by atoms with Crippen molar-refractivity contribution < 1.29 is 4.74 Å². The van der Waals surface area contributed by atoms with Crippen LogP contribution in [0, 0.1) is 11.8 Å². The molecule has 0 aromatic carbocycles. The molecule has 1 fully saturated rings. The number of thiocarbonyl (C=S) groups is 1. The molecule has 0 saturated heterocycles. The maximum atomic E-state index is 5.85. The van der Waals surface area contributed by atoms with E-state index in [4.69, 9.17) is 22.7 Å². The topological polar surface area (TPSA) is 61.0 Å². The van der Waals surface area contributed by atoms with Gasteiger partial charge >= 0.3 is 6.01 Å². The summed E-state index contributed by atoms with van der Waals surface area (Å²) in [5, 5.41) is 0. The molecule has 4 nitrogen and oxygen atoms in total. The average molecular weight is 265 g/mol. The van der Waals surface area contributed by atoms with Crippen molar-refractivity contribution in [3.05, 3.63) is 18.0 Å². The third-order valence-electron chi connectivity index (χ3n) is 3.29. The van der Waals surface area contributed by atoms with Gasteiger partial charge in [-0.05, 0) is 37.2 Å². The molecule has 2 unspecified atom stereocenters. The summed E-state index contributed by atoms with van der Waals surface area (Å²) in [5.74, 6) is 1.38. The predicted molar refractivity (Wildman–Crippen MR) is 74.5 cm³/mol. The van der Waals surface area contributed by atoms with E-state index < -0.39 is 0 Å². The van der Waals surface area contributed by atoms with Crippen LogP contribution < -0.4 is 10.5 Å². The molecule has 0 spiro atoms. The van der Waals surface area contributed by atoms with Crippen molar-refractivity contribution in [1.29, 1.82) is 0 Å². The maximum Gasteiger partial charge on any atom is 0.317 e. The first-order valence-corrected chi connectivity index (χ1v) is 6.75. The Balaban J connectivity index is 2.04. The van der Waals surface area contributed by atoms with Gasteiger partial charge in [0.1, 0.15) is 16.8 Å². The van der Waals surface area contributed by atoms with Gasteiger partial charge in [-0.3, -0.25) is 0 Å². The Morgan fingerprint density at radius 1 is 1.33 bits per heavy atom. The van der Waals surface area contributed by atoms with Crippen LogP contribution in [0.25, 0.3) is 0 Å². The summed E-state index contributed by atoms with van der Waals surface area (Å²) in [7, 11) is 0. The largest absolute Gasteiger partial charge is 0.460 e. The molecule has 2 atom stereocenters. The second kappa shape index (κ2) is 5.61. The highest BCUT2D eigenvalue weighted by Gasteiger charge is 2.25. The van der Waals surface area contributed by atoms with Crippen molar-refractivity contribution in [2.24, 2.45) is 17.6 Å². The minimum absolute atomic E-state index is 0.199. The van der Waals surface area contributed by atoms with Gasteiger partial charge in [-0.1, -0.05) is 26.1 Å². The molecule has 2 N–H and O–H groups in total. The van der Waals surface area contributed by atoms with Crippen LogP contribution in [0.1, 0.15) is 38.8 Å². The highest BCUT2D eigenvalue weighted by molar-refractivity contribution is 7.80. The summed E-state index contributed by atoms with van der Waals surface area (Å²) in [6.45, 7) is 4.52. The fourth-order valence-electron chi connectivity index (χ4n) is 2.65. The van der Waals surface area contributed by atoms with Crippen molar-refractivity contribution in [2.75, 3.05) is 0 Å². The highest BCUT2D eigenvalue weighted by Crippen LogP contribution is 2.30. The molecule has 1 aliphatic carbocycles. The molecule has 1 aliphatic rings. The summed E-state index contributed by atoms with van der Waals surface area (Å²) in [6, 6.07) is 2.08. The quantitative estimate of drug-likeness (QED) is 0.850. The van der Waals surface area contributed by atoms with Crippen molar-refractivity contribution in [1.82, 2.24) is 9.97 Å². The van der Waals surface area contributed by atoms with E-state index in [0.717, 1.165) is 12.8 Å². The lowest BCUT2D eigenvalue weighted by Crippen LogP contribution is -2.29. The van der Waals surface area contributed by atoms with Crippen LogP contribution in [-0.4, -0.2) is 21.1 Å². The van der Waals surface area contributed by atoms with Crippen LogP contribution in [0.3, 0.4) is 0 Å². The number of nitrogens with two attached hydrogens (primary N) is 1. The molecule has 0 aliphatic heterocycles. The van der Waals surface area contributed by atoms with Gasteiger partial charge < -0.3 is 10.5 Å². The molecular formula is C13H19N3OS. The van der Waals surface area contributed by atoms with E-state index in [9.17, 15) is 0 Å². The van der Waals surface area contributed by atoms with E-state index in [1.807, 2.05) is 0 Å². The number of hydrogen-bond acceptors (Lipinski definition) is 4. The molecule has 98 valence electrons. The number of rotatable bonds is 3. The molecular weight excluding hydrogens is 246 g/mol. The first kappa shape index (κ1) is 13.2. The van der Waals surface area contributed by atoms with Gasteiger partial charge in [0.2, 0.25) is 0 Å². The monoisotopic (exact) mass is 265 g/mol. The lowest BCUT2D eigenvalue weighted by atomic mass is 9.82. The molecule has 1 aromatic rings. The lowest BCUT2D eigenvalue weighted by molar-refractivity contribution is 0.0919. The van der Waals surface area contributed by atoms with Crippen molar-refractivity contribution in [3.63, 3.8) is 0 Å². The van der Waals surface area contributed by atoms with Gasteiger partial charge in [0.25, 0.3) is 0 Å². The summed E-state index contributed by atoms with van der Waals surface area (Å²) < 4.78 is 5.85. The third-order valence-corrected chi connectivity index (χ3v) is 3.50. The molecule has 1 heterocycles. The van der Waals surface area contributed by atoms with Crippen molar-refractivity contribution in [3.8, 4) is 6.01 Å². The third kappa shape index (κ3) is 3.38. The van der Waals surface area contributed by atoms with Crippen molar-refractivity contribution >= 4 is 17.2 Å². The van der Waals surface area contributed by atoms with Crippen molar-refractivity contribution in [2.45, 2.75) is 39.2 Å². The van der Waals surface area contributed by atoms with E-state index >= 15 is 0 Å². The fraction of sp³-hybridized carbons (Fsp3) is 0.615. The van der Waals surface area contributed by atoms with Gasteiger partial charge in [-0.25, -0.2) is 4.98 Å². The Labute approximate surface area is 113 Å². The molecule has 0 amide bonds. The van der Waals surface area contributed by atoms with Gasteiger partial charge in [-0.15, -0.1) is 0 Å². The van der Waals surface area contributed by atoms with E-state index in [0.29, 0.717) is 23.5 Å². The zero-order valence-electron chi connectivity index (χ0n) is 10.8. The van der Waals surface area contributed by atoms with E-state index in [1.54, 1.807) is 12.3 Å². The maximum absolute atomic E-state index is 5.85. The van der Waals surface area contributed by atoms with Gasteiger partial charge in [0.15, 0.2) is 0 Å². The first-order valence-electron chi connectivity index (χ1n) is 6.34. The van der Waals surface area contributed by atoms with Crippen LogP contribution in [-0.2, 0) is 0 Å². The fourth-order valence-corrected chi connectivity index (χ4v) is 2.77. The molecule has 18 heavy (non-hydrogen) atoms. The first-order chi connectivity index (χ1) is 8.54. The average Bonchev–Trinajstić information content (AvgIpc) is 2.27. The Hall–Kier alpha value is -1.23. The highest BCUT2D eigenvalue weighted by atomic mass is 32.1. The summed E-state index contributed by atoms with van der Waals surface area (Å²) in [5.41, 5.74) is 6.11.